The van der Waals surface area contributed by atoms with Crippen molar-refractivity contribution < 1.29 is 18.8 Å². The monoisotopic (exact) mass is 276 g/mol. The zero-order chi connectivity index (χ0) is 14.5. The Kier molecular flexibility index (Phi) is 4.24. The number of amides is 1. The zero-order valence-electron chi connectivity index (χ0n) is 11.3. The fraction of sp³-hybridized carbons (Fsp3) is 0.286. The maximum Gasteiger partial charge on any atom is 0.258 e. The first-order chi connectivity index (χ1) is 9.54. The summed E-state index contributed by atoms with van der Waals surface area (Å²) >= 11 is 0. The van der Waals surface area contributed by atoms with E-state index in [1.165, 1.54) is 0 Å². The topological polar surface area (TPSA) is 87.6 Å². The highest BCUT2D eigenvalue weighted by atomic mass is 16.5. The van der Waals surface area contributed by atoms with Gasteiger partial charge in [-0.25, -0.2) is 0 Å². The average molecular weight is 276 g/mol. The molecule has 0 radical (unpaired) electrons. The van der Waals surface area contributed by atoms with E-state index in [9.17, 15) is 4.79 Å². The molecule has 0 spiro atoms. The third kappa shape index (κ3) is 3.74. The molecule has 0 saturated heterocycles. The van der Waals surface area contributed by atoms with Crippen LogP contribution in [-0.4, -0.2) is 17.2 Å². The Hall–Kier alpha value is -2.50. The lowest BCUT2D eigenvalue weighted by atomic mass is 10.3. The molecule has 0 aliphatic heterocycles. The standard InChI is InChI=1S/C14H16N2O4/c1-9-7-13(20-16-9)8-18-11-3-5-12(6-4-11)19-10(2)14(15)17/h3-7,10H,8H2,1-2H3,(H2,15,17)/t10-/m0/s1. The molecule has 1 atom stereocenters. The molecule has 0 fully saturated rings. The number of nitrogens with two attached hydrogens (primary N) is 1. The number of primary amides is 1. The van der Waals surface area contributed by atoms with Gasteiger partial charge in [0.1, 0.15) is 18.1 Å². The van der Waals surface area contributed by atoms with Gasteiger partial charge in [0.25, 0.3) is 5.91 Å². The van der Waals surface area contributed by atoms with E-state index in [0.29, 0.717) is 23.9 Å². The second-order valence-corrected chi connectivity index (χ2v) is 4.36. The van der Waals surface area contributed by atoms with E-state index in [4.69, 9.17) is 19.7 Å². The summed E-state index contributed by atoms with van der Waals surface area (Å²) in [5.74, 6) is 1.37. The molecular formula is C14H16N2O4. The second-order valence-electron chi connectivity index (χ2n) is 4.36. The Bertz CT molecular complexity index is 577. The Balaban J connectivity index is 1.89. The number of hydrogen-bond donors (Lipinski definition) is 1. The summed E-state index contributed by atoms with van der Waals surface area (Å²) < 4.78 is 15.9. The van der Waals surface area contributed by atoms with Crippen LogP contribution >= 0.6 is 0 Å². The number of aryl methyl sites for hydroxylation is 1. The molecule has 2 N–H and O–H groups in total. The van der Waals surface area contributed by atoms with Crippen LogP contribution in [0.5, 0.6) is 11.5 Å². The molecule has 2 aromatic rings. The number of hydrogen-bond acceptors (Lipinski definition) is 5. The summed E-state index contributed by atoms with van der Waals surface area (Å²) in [6, 6.07) is 8.71. The van der Waals surface area contributed by atoms with E-state index >= 15 is 0 Å². The normalized spacial score (nSPS) is 11.9. The second kappa shape index (κ2) is 6.10. The number of aromatic nitrogens is 1. The summed E-state index contributed by atoms with van der Waals surface area (Å²) in [7, 11) is 0. The number of benzene rings is 1. The van der Waals surface area contributed by atoms with E-state index in [0.717, 1.165) is 5.69 Å². The molecule has 1 aromatic heterocycles. The van der Waals surface area contributed by atoms with E-state index < -0.39 is 12.0 Å². The largest absolute Gasteiger partial charge is 0.486 e. The molecule has 1 heterocycles. The van der Waals surface area contributed by atoms with Crippen LogP contribution in [0.1, 0.15) is 18.4 Å². The van der Waals surface area contributed by atoms with Gasteiger partial charge in [-0.2, -0.15) is 0 Å². The molecule has 2 rings (SSSR count). The summed E-state index contributed by atoms with van der Waals surface area (Å²) in [6.45, 7) is 3.75. The maximum atomic E-state index is 10.9. The molecule has 106 valence electrons. The van der Waals surface area contributed by atoms with Crippen LogP contribution in [0, 0.1) is 6.92 Å². The Morgan fingerprint density at radius 1 is 1.35 bits per heavy atom. The fourth-order valence-electron chi connectivity index (χ4n) is 1.52. The minimum atomic E-state index is -0.668. The molecule has 6 nitrogen and oxygen atoms in total. The molecule has 0 bridgehead atoms. The smallest absolute Gasteiger partial charge is 0.258 e. The molecule has 20 heavy (non-hydrogen) atoms. The Labute approximate surface area is 116 Å². The van der Waals surface area contributed by atoms with Crippen molar-refractivity contribution in [3.05, 3.63) is 41.8 Å². The average Bonchev–Trinajstić information content (AvgIpc) is 2.83. The third-order valence-electron chi connectivity index (χ3n) is 2.60. The predicted octanol–water partition coefficient (Wildman–Crippen LogP) is 1.81. The number of rotatable bonds is 6. The van der Waals surface area contributed by atoms with E-state index in [1.807, 2.05) is 13.0 Å². The van der Waals surface area contributed by atoms with Crippen molar-refractivity contribution in [3.63, 3.8) is 0 Å². The molecule has 1 aromatic carbocycles. The van der Waals surface area contributed by atoms with Crippen molar-refractivity contribution >= 4 is 5.91 Å². The van der Waals surface area contributed by atoms with Crippen molar-refractivity contribution in [1.82, 2.24) is 5.16 Å². The Morgan fingerprint density at radius 2 is 2.00 bits per heavy atom. The molecule has 0 saturated carbocycles. The van der Waals surface area contributed by atoms with Crippen molar-refractivity contribution in [2.45, 2.75) is 26.6 Å². The molecule has 0 aliphatic carbocycles. The predicted molar refractivity (Wildman–Crippen MR) is 71.3 cm³/mol. The maximum absolute atomic E-state index is 10.9. The molecule has 0 aliphatic rings. The lowest BCUT2D eigenvalue weighted by molar-refractivity contribution is -0.123. The van der Waals surface area contributed by atoms with E-state index in [-0.39, 0.29) is 0 Å². The number of carbonyl (C=O) groups excluding carboxylic acids is 1. The van der Waals surface area contributed by atoms with E-state index in [1.54, 1.807) is 31.2 Å². The quantitative estimate of drug-likeness (QED) is 0.869. The van der Waals surface area contributed by atoms with Gasteiger partial charge in [-0.3, -0.25) is 4.79 Å². The van der Waals surface area contributed by atoms with Gasteiger partial charge in [0, 0.05) is 6.07 Å². The summed E-state index contributed by atoms with van der Waals surface area (Å²) in [4.78, 5) is 10.9. The SMILES string of the molecule is Cc1cc(COc2ccc(O[C@@H](C)C(N)=O)cc2)on1. The van der Waals surface area contributed by atoms with Gasteiger partial charge >= 0.3 is 0 Å². The third-order valence-corrected chi connectivity index (χ3v) is 2.60. The molecule has 1 amide bonds. The molecular weight excluding hydrogens is 260 g/mol. The summed E-state index contributed by atoms with van der Waals surface area (Å²) in [6.07, 6.45) is -0.668. The number of carbonyl (C=O) groups is 1. The van der Waals surface area contributed by atoms with Crippen molar-refractivity contribution in [3.8, 4) is 11.5 Å². The molecule has 6 heteroatoms. The van der Waals surface area contributed by atoms with Gasteiger partial charge < -0.3 is 19.7 Å². The molecule has 0 unspecified atom stereocenters. The highest BCUT2D eigenvalue weighted by molar-refractivity contribution is 5.78. The van der Waals surface area contributed by atoms with Crippen LogP contribution in [0.3, 0.4) is 0 Å². The van der Waals surface area contributed by atoms with Gasteiger partial charge in [0.05, 0.1) is 5.69 Å². The first-order valence-electron chi connectivity index (χ1n) is 6.15. The van der Waals surface area contributed by atoms with Crippen molar-refractivity contribution in [2.24, 2.45) is 5.73 Å². The van der Waals surface area contributed by atoms with Crippen LogP contribution in [-0.2, 0) is 11.4 Å². The van der Waals surface area contributed by atoms with Crippen LogP contribution in [0.4, 0.5) is 0 Å². The highest BCUT2D eigenvalue weighted by Gasteiger charge is 2.10. The lowest BCUT2D eigenvalue weighted by Gasteiger charge is -2.11. The van der Waals surface area contributed by atoms with Crippen molar-refractivity contribution in [1.29, 1.82) is 0 Å². The van der Waals surface area contributed by atoms with Crippen LogP contribution in [0.2, 0.25) is 0 Å². The summed E-state index contributed by atoms with van der Waals surface area (Å²) in [5, 5.41) is 3.77. The number of nitrogens with zero attached hydrogens (tertiary/aromatic N) is 1. The first-order valence-corrected chi connectivity index (χ1v) is 6.15. The number of ether oxygens (including phenoxy) is 2. The lowest BCUT2D eigenvalue weighted by Crippen LogP contribution is -2.30. The minimum absolute atomic E-state index is 0.304. The van der Waals surface area contributed by atoms with Crippen LogP contribution < -0.4 is 15.2 Å². The minimum Gasteiger partial charge on any atom is -0.486 e. The van der Waals surface area contributed by atoms with Crippen LogP contribution in [0.25, 0.3) is 0 Å². The van der Waals surface area contributed by atoms with Gasteiger partial charge in [0.2, 0.25) is 0 Å². The van der Waals surface area contributed by atoms with E-state index in [2.05, 4.69) is 5.16 Å². The first kappa shape index (κ1) is 13.9. The van der Waals surface area contributed by atoms with Crippen molar-refractivity contribution in [2.75, 3.05) is 0 Å². The highest BCUT2D eigenvalue weighted by Crippen LogP contribution is 2.19. The van der Waals surface area contributed by atoms with Gasteiger partial charge in [0.15, 0.2) is 11.9 Å². The Morgan fingerprint density at radius 3 is 2.55 bits per heavy atom. The zero-order valence-corrected chi connectivity index (χ0v) is 11.3. The van der Waals surface area contributed by atoms with Gasteiger partial charge in [-0.15, -0.1) is 0 Å². The summed E-state index contributed by atoms with van der Waals surface area (Å²) in [5.41, 5.74) is 5.94. The fourth-order valence-corrected chi connectivity index (χ4v) is 1.52. The van der Waals surface area contributed by atoms with Gasteiger partial charge in [-0.05, 0) is 38.1 Å². The van der Waals surface area contributed by atoms with Gasteiger partial charge in [-0.1, -0.05) is 5.16 Å². The van der Waals surface area contributed by atoms with Crippen LogP contribution in [0.15, 0.2) is 34.9 Å².